The number of hydrogen-bond acceptors (Lipinski definition) is 4. The van der Waals surface area contributed by atoms with Crippen LogP contribution in [0.3, 0.4) is 0 Å². The molecule has 0 aliphatic heterocycles. The van der Waals surface area contributed by atoms with Crippen LogP contribution in [-0.2, 0) is 21.4 Å². The van der Waals surface area contributed by atoms with Gasteiger partial charge in [-0.1, -0.05) is 83.4 Å². The summed E-state index contributed by atoms with van der Waals surface area (Å²) >= 11 is 12.1. The van der Waals surface area contributed by atoms with Crippen LogP contribution in [0.15, 0.2) is 102 Å². The number of carbonyl (C=O) groups excluding carboxylic acids is 2. The van der Waals surface area contributed by atoms with E-state index in [0.717, 1.165) is 9.87 Å². The van der Waals surface area contributed by atoms with Gasteiger partial charge in [-0.2, -0.15) is 4.31 Å². The maximum absolute atomic E-state index is 13.6. The molecular weight excluding hydrogens is 543 g/mol. The lowest BCUT2D eigenvalue weighted by atomic mass is 10.0. The highest BCUT2D eigenvalue weighted by atomic mass is 35.5. The highest BCUT2D eigenvalue weighted by Gasteiger charge is 2.27. The minimum Gasteiger partial charge on any atom is -0.324 e. The van der Waals surface area contributed by atoms with E-state index in [0.29, 0.717) is 21.2 Å². The zero-order valence-electron chi connectivity index (χ0n) is 20.4. The number of hydrogen-bond donors (Lipinski definition) is 1. The molecule has 38 heavy (non-hydrogen) atoms. The lowest BCUT2D eigenvalue weighted by molar-refractivity contribution is -0.116. The SMILES string of the molecule is Cc1ccc(S(=O)(=O)N(CC(=O)Nc2ccc(Cl)cc2C(=O)c2ccccc2)Cc2ccc(Cl)cc2)cc1. The number of ketones is 1. The van der Waals surface area contributed by atoms with Gasteiger partial charge in [-0.15, -0.1) is 0 Å². The molecule has 4 aromatic carbocycles. The zero-order valence-corrected chi connectivity index (χ0v) is 22.7. The minimum absolute atomic E-state index is 0.0583. The van der Waals surface area contributed by atoms with E-state index in [9.17, 15) is 18.0 Å². The van der Waals surface area contributed by atoms with Gasteiger partial charge in [-0.25, -0.2) is 8.42 Å². The number of nitrogens with zero attached hydrogens (tertiary/aromatic N) is 1. The molecule has 0 fully saturated rings. The Kier molecular flexibility index (Phi) is 8.64. The lowest BCUT2D eigenvalue weighted by Crippen LogP contribution is -2.37. The smallest absolute Gasteiger partial charge is 0.243 e. The molecule has 0 radical (unpaired) electrons. The Labute approximate surface area is 231 Å². The summed E-state index contributed by atoms with van der Waals surface area (Å²) < 4.78 is 28.2. The third-order valence-electron chi connectivity index (χ3n) is 5.79. The van der Waals surface area contributed by atoms with Gasteiger partial charge in [-0.05, 0) is 55.0 Å². The quantitative estimate of drug-likeness (QED) is 0.239. The Morgan fingerprint density at radius 2 is 1.45 bits per heavy atom. The molecule has 0 aromatic heterocycles. The minimum atomic E-state index is -4.04. The molecule has 0 saturated carbocycles. The Balaban J connectivity index is 1.63. The molecule has 0 saturated heterocycles. The number of sulfonamides is 1. The van der Waals surface area contributed by atoms with Crippen molar-refractivity contribution in [2.75, 3.05) is 11.9 Å². The fourth-order valence-corrected chi connectivity index (χ4v) is 5.47. The van der Waals surface area contributed by atoms with E-state index < -0.39 is 22.5 Å². The monoisotopic (exact) mass is 566 g/mol. The van der Waals surface area contributed by atoms with Crippen molar-refractivity contribution in [3.05, 3.63) is 129 Å². The summed E-state index contributed by atoms with van der Waals surface area (Å²) in [6.07, 6.45) is 0. The van der Waals surface area contributed by atoms with E-state index in [4.69, 9.17) is 23.2 Å². The second-order valence-corrected chi connectivity index (χ2v) is 11.5. The van der Waals surface area contributed by atoms with Crippen LogP contribution in [0.4, 0.5) is 5.69 Å². The van der Waals surface area contributed by atoms with Crippen LogP contribution in [0.1, 0.15) is 27.0 Å². The van der Waals surface area contributed by atoms with E-state index in [2.05, 4.69) is 5.32 Å². The molecule has 0 heterocycles. The summed E-state index contributed by atoms with van der Waals surface area (Å²) in [6.45, 7) is 1.31. The summed E-state index contributed by atoms with van der Waals surface area (Å²) in [6, 6.07) is 26.3. The van der Waals surface area contributed by atoms with Crippen molar-refractivity contribution in [1.29, 1.82) is 0 Å². The highest BCUT2D eigenvalue weighted by molar-refractivity contribution is 7.89. The van der Waals surface area contributed by atoms with Crippen molar-refractivity contribution in [2.45, 2.75) is 18.4 Å². The number of carbonyl (C=O) groups is 2. The van der Waals surface area contributed by atoms with Crippen LogP contribution in [0.2, 0.25) is 10.0 Å². The largest absolute Gasteiger partial charge is 0.324 e. The van der Waals surface area contributed by atoms with Gasteiger partial charge in [0.1, 0.15) is 0 Å². The van der Waals surface area contributed by atoms with Gasteiger partial charge in [0.25, 0.3) is 0 Å². The molecule has 0 atom stereocenters. The topological polar surface area (TPSA) is 83.6 Å². The molecule has 4 rings (SSSR count). The fraction of sp³-hybridized carbons (Fsp3) is 0.103. The van der Waals surface area contributed by atoms with Gasteiger partial charge in [0.15, 0.2) is 5.78 Å². The van der Waals surface area contributed by atoms with Crippen LogP contribution in [0.5, 0.6) is 0 Å². The molecule has 0 spiro atoms. The van der Waals surface area contributed by atoms with Gasteiger partial charge in [-0.3, -0.25) is 9.59 Å². The summed E-state index contributed by atoms with van der Waals surface area (Å²) in [5, 5.41) is 3.54. The van der Waals surface area contributed by atoms with Crippen molar-refractivity contribution in [1.82, 2.24) is 4.31 Å². The maximum Gasteiger partial charge on any atom is 0.243 e. The van der Waals surface area contributed by atoms with Crippen molar-refractivity contribution in [2.24, 2.45) is 0 Å². The van der Waals surface area contributed by atoms with Gasteiger partial charge >= 0.3 is 0 Å². The van der Waals surface area contributed by atoms with Crippen LogP contribution in [-0.4, -0.2) is 31.0 Å². The number of rotatable bonds is 9. The van der Waals surface area contributed by atoms with Crippen LogP contribution >= 0.6 is 23.2 Å². The van der Waals surface area contributed by atoms with E-state index in [1.165, 1.54) is 24.3 Å². The van der Waals surface area contributed by atoms with E-state index >= 15 is 0 Å². The Bertz CT molecular complexity index is 1560. The molecule has 0 unspecified atom stereocenters. The number of benzene rings is 4. The summed E-state index contributed by atoms with van der Waals surface area (Å²) in [7, 11) is -4.04. The van der Waals surface area contributed by atoms with Crippen LogP contribution in [0, 0.1) is 6.92 Å². The predicted octanol–water partition coefficient (Wildman–Crippen LogP) is 6.36. The average molecular weight is 567 g/mol. The Morgan fingerprint density at radius 3 is 2.11 bits per heavy atom. The Hall–Kier alpha value is -3.49. The number of halogens is 2. The first kappa shape index (κ1) is 27.5. The number of amides is 1. The first-order valence-electron chi connectivity index (χ1n) is 11.6. The van der Waals surface area contributed by atoms with Crippen molar-refractivity contribution >= 4 is 50.6 Å². The van der Waals surface area contributed by atoms with Gasteiger partial charge < -0.3 is 5.32 Å². The van der Waals surface area contributed by atoms with Gasteiger partial charge in [0.2, 0.25) is 15.9 Å². The molecule has 9 heteroatoms. The van der Waals surface area contributed by atoms with E-state index in [1.807, 2.05) is 6.92 Å². The first-order chi connectivity index (χ1) is 18.1. The molecule has 0 bridgehead atoms. The molecule has 1 N–H and O–H groups in total. The summed E-state index contributed by atoms with van der Waals surface area (Å²) in [5.41, 5.74) is 2.42. The molecule has 0 aliphatic carbocycles. The standard InChI is InChI=1S/C29H24Cl2N2O4S/c1-20-7-14-25(15-8-20)38(36,37)33(18-21-9-11-23(30)12-10-21)19-28(34)32-27-16-13-24(31)17-26(27)29(35)22-5-3-2-4-6-22/h2-17H,18-19H2,1H3,(H,32,34). The third-order valence-corrected chi connectivity index (χ3v) is 8.08. The number of nitrogens with one attached hydrogen (secondary N) is 1. The predicted molar refractivity (Wildman–Crippen MR) is 150 cm³/mol. The fourth-order valence-electron chi connectivity index (χ4n) is 3.79. The highest BCUT2D eigenvalue weighted by Crippen LogP contribution is 2.25. The van der Waals surface area contributed by atoms with E-state index in [1.54, 1.807) is 72.8 Å². The number of anilines is 1. The van der Waals surface area contributed by atoms with Crippen LogP contribution in [0.25, 0.3) is 0 Å². The van der Waals surface area contributed by atoms with Crippen molar-refractivity contribution in [3.63, 3.8) is 0 Å². The zero-order chi connectivity index (χ0) is 27.3. The van der Waals surface area contributed by atoms with Crippen LogP contribution < -0.4 is 5.32 Å². The van der Waals surface area contributed by atoms with E-state index in [-0.39, 0.29) is 28.5 Å². The van der Waals surface area contributed by atoms with Gasteiger partial charge in [0.05, 0.1) is 17.1 Å². The lowest BCUT2D eigenvalue weighted by Gasteiger charge is -2.22. The first-order valence-corrected chi connectivity index (χ1v) is 13.8. The number of aryl methyl sites for hydroxylation is 1. The summed E-state index contributed by atoms with van der Waals surface area (Å²) in [5.74, 6) is -0.937. The molecule has 4 aromatic rings. The molecule has 6 nitrogen and oxygen atoms in total. The molecule has 194 valence electrons. The molecular formula is C29H24Cl2N2O4S. The maximum atomic E-state index is 13.6. The summed E-state index contributed by atoms with van der Waals surface area (Å²) in [4.78, 5) is 26.4. The third kappa shape index (κ3) is 6.68. The molecule has 1 amide bonds. The molecule has 0 aliphatic rings. The Morgan fingerprint density at radius 1 is 0.816 bits per heavy atom. The average Bonchev–Trinajstić information content (AvgIpc) is 2.91. The normalized spacial score (nSPS) is 11.4. The van der Waals surface area contributed by atoms with Crippen molar-refractivity contribution < 1.29 is 18.0 Å². The van der Waals surface area contributed by atoms with Crippen molar-refractivity contribution in [3.8, 4) is 0 Å². The second-order valence-electron chi connectivity index (χ2n) is 8.65. The van der Waals surface area contributed by atoms with Gasteiger partial charge in [0, 0.05) is 27.7 Å². The second kappa shape index (κ2) is 11.9.